The van der Waals surface area contributed by atoms with Crippen molar-refractivity contribution in [3.63, 3.8) is 0 Å². The van der Waals surface area contributed by atoms with Gasteiger partial charge in [-0.15, -0.1) is 0 Å². The van der Waals surface area contributed by atoms with Crippen LogP contribution < -0.4 is 10.6 Å². The van der Waals surface area contributed by atoms with E-state index in [1.807, 2.05) is 6.07 Å². The molecule has 0 heterocycles. The second-order valence-electron chi connectivity index (χ2n) is 5.77. The molecule has 0 aliphatic rings. The zero-order chi connectivity index (χ0) is 14.6. The molecule has 0 fully saturated rings. The summed E-state index contributed by atoms with van der Waals surface area (Å²) in [6, 6.07) is 5.18. The molecule has 0 radical (unpaired) electrons. The van der Waals surface area contributed by atoms with E-state index in [4.69, 9.17) is 10.8 Å². The Morgan fingerprint density at radius 3 is 2.11 bits per heavy atom. The lowest BCUT2D eigenvalue weighted by molar-refractivity contribution is 0.0698. The van der Waals surface area contributed by atoms with Gasteiger partial charge in [-0.25, -0.2) is 4.79 Å². The van der Waals surface area contributed by atoms with Crippen LogP contribution in [0.25, 0.3) is 0 Å². The highest BCUT2D eigenvalue weighted by Crippen LogP contribution is 2.23. The number of carboxylic acids is 1. The van der Waals surface area contributed by atoms with Gasteiger partial charge in [0.15, 0.2) is 0 Å². The van der Waals surface area contributed by atoms with Crippen molar-refractivity contribution in [3.8, 4) is 0 Å². The standard InChI is InChI=1S/C15H24N2O2/c1-10(2)8-17(9-11(3)4)12-5-6-13(15(18)19)14(16)7-12/h5-7,10-11H,8-9,16H2,1-4H3,(H,18,19). The van der Waals surface area contributed by atoms with Crippen LogP contribution in [0.3, 0.4) is 0 Å². The number of hydrogen-bond donors (Lipinski definition) is 2. The SMILES string of the molecule is CC(C)CN(CC(C)C)c1ccc(C(=O)O)c(N)c1. The smallest absolute Gasteiger partial charge is 0.337 e. The Bertz CT molecular complexity index is 432. The molecule has 0 atom stereocenters. The fourth-order valence-electron chi connectivity index (χ4n) is 2.11. The van der Waals surface area contributed by atoms with Gasteiger partial charge in [0, 0.05) is 24.5 Å². The maximum absolute atomic E-state index is 11.0. The Labute approximate surface area is 115 Å². The number of anilines is 2. The Kier molecular flexibility index (Phi) is 5.21. The summed E-state index contributed by atoms with van der Waals surface area (Å²) in [5.41, 5.74) is 7.29. The quantitative estimate of drug-likeness (QED) is 0.775. The number of benzene rings is 1. The molecule has 0 aromatic heterocycles. The largest absolute Gasteiger partial charge is 0.478 e. The first-order chi connectivity index (χ1) is 8.81. The molecule has 0 unspecified atom stereocenters. The average Bonchev–Trinajstić information content (AvgIpc) is 2.26. The number of nitrogens with two attached hydrogens (primary N) is 1. The summed E-state index contributed by atoms with van der Waals surface area (Å²) in [5.74, 6) is 0.0987. The number of hydrogen-bond acceptors (Lipinski definition) is 3. The van der Waals surface area contributed by atoms with E-state index in [1.54, 1.807) is 12.1 Å². The van der Waals surface area contributed by atoms with E-state index >= 15 is 0 Å². The third kappa shape index (κ3) is 4.47. The van der Waals surface area contributed by atoms with Crippen LogP contribution in [0.5, 0.6) is 0 Å². The lowest BCUT2D eigenvalue weighted by Gasteiger charge is -2.29. The van der Waals surface area contributed by atoms with Crippen molar-refractivity contribution in [1.29, 1.82) is 0 Å². The van der Waals surface area contributed by atoms with Gasteiger partial charge >= 0.3 is 5.97 Å². The maximum Gasteiger partial charge on any atom is 0.337 e. The lowest BCUT2D eigenvalue weighted by atomic mass is 10.1. The second kappa shape index (κ2) is 6.45. The fraction of sp³-hybridized carbons (Fsp3) is 0.533. The van der Waals surface area contributed by atoms with Crippen LogP contribution in [0.2, 0.25) is 0 Å². The molecular formula is C15H24N2O2. The summed E-state index contributed by atoms with van der Waals surface area (Å²) >= 11 is 0. The highest BCUT2D eigenvalue weighted by molar-refractivity contribution is 5.94. The zero-order valence-corrected chi connectivity index (χ0v) is 12.2. The molecule has 1 aromatic carbocycles. The lowest BCUT2D eigenvalue weighted by Crippen LogP contribution is -2.31. The molecule has 4 heteroatoms. The molecule has 0 amide bonds. The predicted octanol–water partition coefficient (Wildman–Crippen LogP) is 3.09. The van der Waals surface area contributed by atoms with Crippen molar-refractivity contribution in [2.45, 2.75) is 27.7 Å². The van der Waals surface area contributed by atoms with E-state index in [0.717, 1.165) is 18.8 Å². The molecule has 3 N–H and O–H groups in total. The number of aromatic carboxylic acids is 1. The first kappa shape index (κ1) is 15.3. The van der Waals surface area contributed by atoms with Gasteiger partial charge in [-0.3, -0.25) is 0 Å². The first-order valence-corrected chi connectivity index (χ1v) is 6.69. The minimum absolute atomic E-state index is 0.165. The molecule has 0 saturated heterocycles. The molecule has 106 valence electrons. The van der Waals surface area contributed by atoms with Crippen molar-refractivity contribution in [2.24, 2.45) is 11.8 Å². The predicted molar refractivity (Wildman–Crippen MR) is 79.7 cm³/mol. The summed E-state index contributed by atoms with van der Waals surface area (Å²) in [5, 5.41) is 8.99. The summed E-state index contributed by atoms with van der Waals surface area (Å²) in [7, 11) is 0. The van der Waals surface area contributed by atoms with Crippen molar-refractivity contribution in [1.82, 2.24) is 0 Å². The van der Waals surface area contributed by atoms with Gasteiger partial charge in [-0.2, -0.15) is 0 Å². The third-order valence-electron chi connectivity index (χ3n) is 2.80. The van der Waals surface area contributed by atoms with E-state index in [9.17, 15) is 4.79 Å². The Morgan fingerprint density at radius 2 is 1.74 bits per heavy atom. The van der Waals surface area contributed by atoms with Gasteiger partial charge in [0.25, 0.3) is 0 Å². The molecule has 1 rings (SSSR count). The first-order valence-electron chi connectivity index (χ1n) is 6.69. The topological polar surface area (TPSA) is 66.6 Å². The summed E-state index contributed by atoms with van der Waals surface area (Å²) < 4.78 is 0. The van der Waals surface area contributed by atoms with Crippen LogP contribution in [0.15, 0.2) is 18.2 Å². The van der Waals surface area contributed by atoms with Gasteiger partial charge < -0.3 is 15.7 Å². The second-order valence-corrected chi connectivity index (χ2v) is 5.77. The van der Waals surface area contributed by atoms with E-state index in [-0.39, 0.29) is 5.56 Å². The molecule has 0 bridgehead atoms. The van der Waals surface area contributed by atoms with Crippen LogP contribution in [-0.4, -0.2) is 24.2 Å². The molecular weight excluding hydrogens is 240 g/mol. The van der Waals surface area contributed by atoms with Gasteiger partial charge in [-0.1, -0.05) is 27.7 Å². The number of nitrogen functional groups attached to an aromatic ring is 1. The minimum atomic E-state index is -0.983. The van der Waals surface area contributed by atoms with E-state index in [1.165, 1.54) is 0 Å². The van der Waals surface area contributed by atoms with E-state index < -0.39 is 5.97 Å². The molecule has 0 saturated carbocycles. The number of carboxylic acid groups (broad SMARTS) is 1. The van der Waals surface area contributed by atoms with E-state index in [2.05, 4.69) is 32.6 Å². The molecule has 0 aliphatic heterocycles. The van der Waals surface area contributed by atoms with Crippen LogP contribution in [0.1, 0.15) is 38.1 Å². The third-order valence-corrected chi connectivity index (χ3v) is 2.80. The molecule has 1 aromatic rings. The Balaban J connectivity index is 3.02. The number of rotatable bonds is 6. The Morgan fingerprint density at radius 1 is 1.21 bits per heavy atom. The van der Waals surface area contributed by atoms with Crippen molar-refractivity contribution in [3.05, 3.63) is 23.8 Å². The van der Waals surface area contributed by atoms with Gasteiger partial charge in [0.1, 0.15) is 0 Å². The number of carbonyl (C=O) groups is 1. The molecule has 19 heavy (non-hydrogen) atoms. The highest BCUT2D eigenvalue weighted by atomic mass is 16.4. The summed E-state index contributed by atoms with van der Waals surface area (Å²) in [4.78, 5) is 13.2. The highest BCUT2D eigenvalue weighted by Gasteiger charge is 2.14. The van der Waals surface area contributed by atoms with Crippen LogP contribution >= 0.6 is 0 Å². The van der Waals surface area contributed by atoms with Crippen LogP contribution in [0, 0.1) is 11.8 Å². The minimum Gasteiger partial charge on any atom is -0.478 e. The maximum atomic E-state index is 11.0. The van der Waals surface area contributed by atoms with Crippen LogP contribution in [-0.2, 0) is 0 Å². The van der Waals surface area contributed by atoms with Gasteiger partial charge in [0.05, 0.1) is 5.56 Å². The Hall–Kier alpha value is -1.71. The zero-order valence-electron chi connectivity index (χ0n) is 12.2. The average molecular weight is 264 g/mol. The monoisotopic (exact) mass is 264 g/mol. The van der Waals surface area contributed by atoms with Crippen molar-refractivity contribution >= 4 is 17.3 Å². The van der Waals surface area contributed by atoms with Gasteiger partial charge in [-0.05, 0) is 30.0 Å². The van der Waals surface area contributed by atoms with Crippen molar-refractivity contribution in [2.75, 3.05) is 23.7 Å². The summed E-state index contributed by atoms with van der Waals surface area (Å²) in [6.45, 7) is 10.5. The van der Waals surface area contributed by atoms with E-state index in [0.29, 0.717) is 17.5 Å². The summed E-state index contributed by atoms with van der Waals surface area (Å²) in [6.07, 6.45) is 0. The van der Waals surface area contributed by atoms with Crippen molar-refractivity contribution < 1.29 is 9.90 Å². The molecule has 4 nitrogen and oxygen atoms in total. The fourth-order valence-corrected chi connectivity index (χ4v) is 2.11. The molecule has 0 spiro atoms. The van der Waals surface area contributed by atoms with Gasteiger partial charge in [0.2, 0.25) is 0 Å². The number of nitrogens with zero attached hydrogens (tertiary/aromatic N) is 1. The normalized spacial score (nSPS) is 11.1. The molecule has 0 aliphatic carbocycles. The van der Waals surface area contributed by atoms with Crippen LogP contribution in [0.4, 0.5) is 11.4 Å².